The number of amides is 1. The number of nitrogens with zero attached hydrogens (tertiary/aromatic N) is 4. The molecular weight excluding hydrogens is 481 g/mol. The van der Waals surface area contributed by atoms with Crippen LogP contribution in [0.1, 0.15) is 43.8 Å². The van der Waals surface area contributed by atoms with E-state index in [9.17, 15) is 4.79 Å². The van der Waals surface area contributed by atoms with Gasteiger partial charge in [-0.05, 0) is 46.6 Å². The van der Waals surface area contributed by atoms with Gasteiger partial charge in [0.05, 0.1) is 12.6 Å². The maximum absolute atomic E-state index is 12.7. The molecule has 0 saturated carbocycles. The summed E-state index contributed by atoms with van der Waals surface area (Å²) in [4.78, 5) is 24.1. The molecule has 2 aliphatic rings. The summed E-state index contributed by atoms with van der Waals surface area (Å²) in [5.41, 5.74) is 1.14. The topological polar surface area (TPSA) is 64.3 Å². The zero-order valence-corrected chi connectivity index (χ0v) is 20.6. The molecule has 0 radical (unpaired) electrons. The SMILES string of the molecule is CCNC(=NCc1cc(C)oc1C)N1CCN(C(C)C(=O)N2CCCC2)CC1.I. The summed E-state index contributed by atoms with van der Waals surface area (Å²) in [5.74, 6) is 3.10. The highest BCUT2D eigenvalue weighted by Gasteiger charge is 2.30. The third-order valence-corrected chi connectivity index (χ3v) is 5.81. The van der Waals surface area contributed by atoms with E-state index in [4.69, 9.17) is 9.41 Å². The Morgan fingerprint density at radius 1 is 1.14 bits per heavy atom. The highest BCUT2D eigenvalue weighted by Crippen LogP contribution is 2.16. The Balaban J connectivity index is 0.00000300. The molecule has 1 amide bonds. The lowest BCUT2D eigenvalue weighted by atomic mass is 10.2. The Morgan fingerprint density at radius 2 is 1.79 bits per heavy atom. The van der Waals surface area contributed by atoms with Crippen LogP contribution in [0.2, 0.25) is 0 Å². The van der Waals surface area contributed by atoms with Crippen molar-refractivity contribution >= 4 is 35.8 Å². The number of piperazine rings is 1. The van der Waals surface area contributed by atoms with E-state index < -0.39 is 0 Å². The van der Waals surface area contributed by atoms with Crippen molar-refractivity contribution in [1.82, 2.24) is 20.0 Å². The van der Waals surface area contributed by atoms with Crippen LogP contribution in [0.25, 0.3) is 0 Å². The number of rotatable bonds is 5. The quantitative estimate of drug-likeness (QED) is 0.370. The van der Waals surface area contributed by atoms with Crippen LogP contribution in [0.5, 0.6) is 0 Å². The lowest BCUT2D eigenvalue weighted by Gasteiger charge is -2.39. The maximum Gasteiger partial charge on any atom is 0.239 e. The second-order valence-corrected chi connectivity index (χ2v) is 7.84. The zero-order chi connectivity index (χ0) is 20.1. The van der Waals surface area contributed by atoms with Crippen molar-refractivity contribution in [3.05, 3.63) is 23.2 Å². The van der Waals surface area contributed by atoms with Crippen molar-refractivity contribution in [2.45, 2.75) is 53.1 Å². The number of furan rings is 1. The smallest absolute Gasteiger partial charge is 0.239 e. The van der Waals surface area contributed by atoms with Gasteiger partial charge in [0.25, 0.3) is 0 Å². The van der Waals surface area contributed by atoms with Gasteiger partial charge in [-0.2, -0.15) is 0 Å². The monoisotopic (exact) mass is 517 g/mol. The summed E-state index contributed by atoms with van der Waals surface area (Å²) >= 11 is 0. The molecule has 3 heterocycles. The van der Waals surface area contributed by atoms with Crippen molar-refractivity contribution < 1.29 is 9.21 Å². The van der Waals surface area contributed by atoms with Crippen LogP contribution in [0.3, 0.4) is 0 Å². The van der Waals surface area contributed by atoms with Crippen molar-refractivity contribution in [3.63, 3.8) is 0 Å². The summed E-state index contributed by atoms with van der Waals surface area (Å²) < 4.78 is 5.61. The van der Waals surface area contributed by atoms with Gasteiger partial charge in [0.1, 0.15) is 11.5 Å². The van der Waals surface area contributed by atoms with Gasteiger partial charge in [-0.3, -0.25) is 9.69 Å². The Morgan fingerprint density at radius 3 is 2.34 bits per heavy atom. The average Bonchev–Trinajstić information content (AvgIpc) is 3.34. The van der Waals surface area contributed by atoms with Crippen molar-refractivity contribution in [3.8, 4) is 0 Å². The first-order chi connectivity index (χ1) is 13.5. The summed E-state index contributed by atoms with van der Waals surface area (Å²) in [6.45, 7) is 14.9. The fraction of sp³-hybridized carbons (Fsp3) is 0.714. The van der Waals surface area contributed by atoms with E-state index in [0.717, 1.165) is 81.7 Å². The number of carbonyl (C=O) groups is 1. The molecule has 2 aliphatic heterocycles. The minimum absolute atomic E-state index is 0. The zero-order valence-electron chi connectivity index (χ0n) is 18.2. The Hall–Kier alpha value is -1.29. The second-order valence-electron chi connectivity index (χ2n) is 7.84. The van der Waals surface area contributed by atoms with Crippen LogP contribution in [0, 0.1) is 13.8 Å². The van der Waals surface area contributed by atoms with Crippen molar-refractivity contribution in [2.75, 3.05) is 45.8 Å². The molecule has 164 valence electrons. The van der Waals surface area contributed by atoms with Gasteiger partial charge < -0.3 is 19.5 Å². The maximum atomic E-state index is 12.7. The number of carbonyl (C=O) groups excluding carboxylic acids is 1. The first kappa shape index (κ1) is 24.0. The minimum Gasteiger partial charge on any atom is -0.466 e. The normalized spacial score (nSPS) is 19.2. The van der Waals surface area contributed by atoms with Gasteiger partial charge in [-0.15, -0.1) is 24.0 Å². The number of aliphatic imine (C=N–C) groups is 1. The van der Waals surface area contributed by atoms with Gasteiger partial charge in [0, 0.05) is 51.4 Å². The molecule has 8 heteroatoms. The van der Waals surface area contributed by atoms with E-state index in [-0.39, 0.29) is 35.9 Å². The number of likely N-dealkylation sites (tertiary alicyclic amines) is 1. The van der Waals surface area contributed by atoms with Crippen LogP contribution in [0.15, 0.2) is 15.5 Å². The first-order valence-corrected chi connectivity index (χ1v) is 10.6. The van der Waals surface area contributed by atoms with Crippen LogP contribution in [-0.4, -0.2) is 78.4 Å². The molecule has 2 saturated heterocycles. The van der Waals surface area contributed by atoms with E-state index in [1.807, 2.05) is 18.7 Å². The lowest BCUT2D eigenvalue weighted by Crippen LogP contribution is -2.57. The van der Waals surface area contributed by atoms with Gasteiger partial charge in [0.15, 0.2) is 5.96 Å². The minimum atomic E-state index is -0.0312. The Kier molecular flexibility index (Phi) is 9.26. The number of halogens is 1. The summed E-state index contributed by atoms with van der Waals surface area (Å²) in [5, 5.41) is 3.41. The molecule has 1 aromatic rings. The van der Waals surface area contributed by atoms with E-state index in [0.29, 0.717) is 6.54 Å². The molecule has 1 N–H and O–H groups in total. The Labute approximate surface area is 191 Å². The number of hydrogen-bond acceptors (Lipinski definition) is 4. The predicted molar refractivity (Wildman–Crippen MR) is 127 cm³/mol. The predicted octanol–water partition coefficient (Wildman–Crippen LogP) is 2.61. The molecule has 3 rings (SSSR count). The molecule has 0 bridgehead atoms. The summed E-state index contributed by atoms with van der Waals surface area (Å²) in [7, 11) is 0. The molecule has 0 aromatic carbocycles. The molecule has 7 nitrogen and oxygen atoms in total. The third kappa shape index (κ3) is 6.10. The second kappa shape index (κ2) is 11.2. The molecule has 1 atom stereocenters. The van der Waals surface area contributed by atoms with Gasteiger partial charge in [0.2, 0.25) is 5.91 Å². The molecule has 1 unspecified atom stereocenters. The fourth-order valence-electron chi connectivity index (χ4n) is 4.11. The van der Waals surface area contributed by atoms with E-state index in [2.05, 4.69) is 35.0 Å². The van der Waals surface area contributed by atoms with E-state index in [1.165, 1.54) is 0 Å². The molecule has 1 aromatic heterocycles. The molecule has 29 heavy (non-hydrogen) atoms. The highest BCUT2D eigenvalue weighted by atomic mass is 127. The van der Waals surface area contributed by atoms with Crippen molar-refractivity contribution in [2.24, 2.45) is 4.99 Å². The van der Waals surface area contributed by atoms with E-state index >= 15 is 0 Å². The first-order valence-electron chi connectivity index (χ1n) is 10.6. The molecule has 0 spiro atoms. The highest BCUT2D eigenvalue weighted by molar-refractivity contribution is 14.0. The number of nitrogens with one attached hydrogen (secondary N) is 1. The molecular formula is C21H36IN5O2. The number of hydrogen-bond donors (Lipinski definition) is 1. The molecule has 0 aliphatic carbocycles. The van der Waals surface area contributed by atoms with Gasteiger partial charge >= 0.3 is 0 Å². The Bertz CT molecular complexity index is 691. The standard InChI is InChI=1S/C21H35N5O2.HI/c1-5-22-21(23-15-19-14-16(2)28-18(19)4)26-12-10-24(11-13-26)17(3)20(27)25-8-6-7-9-25;/h14,17H,5-13,15H2,1-4H3,(H,22,23);1H. The van der Waals surface area contributed by atoms with Crippen LogP contribution in [-0.2, 0) is 11.3 Å². The van der Waals surface area contributed by atoms with Crippen LogP contribution >= 0.6 is 24.0 Å². The number of aryl methyl sites for hydroxylation is 2. The van der Waals surface area contributed by atoms with Crippen LogP contribution in [0.4, 0.5) is 0 Å². The summed E-state index contributed by atoms with van der Waals surface area (Å²) in [6, 6.07) is 2.03. The fourth-order valence-corrected chi connectivity index (χ4v) is 4.11. The largest absolute Gasteiger partial charge is 0.466 e. The van der Waals surface area contributed by atoms with Gasteiger partial charge in [-0.1, -0.05) is 0 Å². The average molecular weight is 517 g/mol. The molecule has 2 fully saturated rings. The number of guanidine groups is 1. The van der Waals surface area contributed by atoms with Gasteiger partial charge in [-0.25, -0.2) is 4.99 Å². The third-order valence-electron chi connectivity index (χ3n) is 5.81. The summed E-state index contributed by atoms with van der Waals surface area (Å²) in [6.07, 6.45) is 2.29. The van der Waals surface area contributed by atoms with Crippen molar-refractivity contribution in [1.29, 1.82) is 0 Å². The van der Waals surface area contributed by atoms with Crippen LogP contribution < -0.4 is 5.32 Å². The lowest BCUT2D eigenvalue weighted by molar-refractivity contribution is -0.135. The van der Waals surface area contributed by atoms with E-state index in [1.54, 1.807) is 0 Å².